The van der Waals surface area contributed by atoms with Gasteiger partial charge in [-0.2, -0.15) is 0 Å². The summed E-state index contributed by atoms with van der Waals surface area (Å²) >= 11 is 0. The van der Waals surface area contributed by atoms with Crippen molar-refractivity contribution < 1.29 is 14.2 Å². The van der Waals surface area contributed by atoms with Crippen LogP contribution in [-0.2, 0) is 6.42 Å². The van der Waals surface area contributed by atoms with E-state index in [0.717, 1.165) is 40.0 Å². The van der Waals surface area contributed by atoms with Crippen molar-refractivity contribution in [2.75, 3.05) is 33.2 Å². The van der Waals surface area contributed by atoms with Gasteiger partial charge in [0, 0.05) is 35.3 Å². The molecule has 0 radical (unpaired) electrons. The molecule has 0 saturated carbocycles. The third kappa shape index (κ3) is 4.35. The van der Waals surface area contributed by atoms with Crippen LogP contribution in [0.1, 0.15) is 5.56 Å². The quantitative estimate of drug-likeness (QED) is 0.457. The average molecular weight is 416 g/mol. The van der Waals surface area contributed by atoms with Crippen LogP contribution in [0.5, 0.6) is 17.2 Å². The van der Waals surface area contributed by atoms with Crippen molar-refractivity contribution >= 4 is 16.7 Å². The number of fused-ring (bicyclic) bond motifs is 1. The monoisotopic (exact) mass is 416 g/mol. The maximum atomic E-state index is 5.56. The summed E-state index contributed by atoms with van der Waals surface area (Å²) in [5, 5.41) is 4.44. The number of methoxy groups -OCH3 is 3. The summed E-state index contributed by atoms with van der Waals surface area (Å²) in [4.78, 5) is 13.1. The summed E-state index contributed by atoms with van der Waals surface area (Å²) in [6.07, 6.45) is 4.09. The Labute approximate surface area is 181 Å². The van der Waals surface area contributed by atoms with Gasteiger partial charge in [-0.15, -0.1) is 0 Å². The van der Waals surface area contributed by atoms with E-state index in [1.165, 1.54) is 0 Å². The van der Waals surface area contributed by atoms with Crippen LogP contribution in [0.4, 0.5) is 5.82 Å². The van der Waals surface area contributed by atoms with Crippen molar-refractivity contribution in [2.45, 2.75) is 6.42 Å². The van der Waals surface area contributed by atoms with Crippen molar-refractivity contribution in [3.05, 3.63) is 66.6 Å². The Balaban J connectivity index is 1.49. The predicted octanol–water partition coefficient (Wildman–Crippen LogP) is 4.37. The summed E-state index contributed by atoms with van der Waals surface area (Å²) in [6.45, 7) is 0.671. The first-order valence-corrected chi connectivity index (χ1v) is 9.92. The van der Waals surface area contributed by atoms with Crippen molar-refractivity contribution in [3.63, 3.8) is 0 Å². The lowest BCUT2D eigenvalue weighted by Crippen LogP contribution is -2.08. The van der Waals surface area contributed by atoms with Gasteiger partial charge in [0.2, 0.25) is 5.75 Å². The van der Waals surface area contributed by atoms with Crippen molar-refractivity contribution in [3.8, 4) is 28.5 Å². The lowest BCUT2D eigenvalue weighted by Gasteiger charge is -2.16. The minimum Gasteiger partial charge on any atom is -0.493 e. The Morgan fingerprint density at radius 2 is 1.71 bits per heavy atom. The van der Waals surface area contributed by atoms with Gasteiger partial charge in [-0.3, -0.25) is 4.98 Å². The zero-order valence-corrected chi connectivity index (χ0v) is 17.8. The predicted molar refractivity (Wildman–Crippen MR) is 121 cm³/mol. The standard InChI is InChI=1S/C24H24N4O3/c1-29-21-9-7-16(23(30-2)24(21)31-3)10-12-26-22-14-20(27-15-28-22)18-6-8-19-17(13-18)5-4-11-25-19/h4-9,11,13-15H,10,12H2,1-3H3,(H,26,27,28). The highest BCUT2D eigenvalue weighted by molar-refractivity contribution is 5.83. The van der Waals surface area contributed by atoms with Crippen LogP contribution >= 0.6 is 0 Å². The highest BCUT2D eigenvalue weighted by atomic mass is 16.5. The molecule has 0 unspecified atom stereocenters. The Kier molecular flexibility index (Phi) is 6.12. The molecule has 158 valence electrons. The van der Waals surface area contributed by atoms with E-state index in [9.17, 15) is 0 Å². The molecule has 2 aromatic heterocycles. The van der Waals surface area contributed by atoms with E-state index in [2.05, 4.69) is 26.3 Å². The second-order valence-corrected chi connectivity index (χ2v) is 6.87. The summed E-state index contributed by atoms with van der Waals surface area (Å²) in [5.41, 5.74) is 3.85. The van der Waals surface area contributed by atoms with E-state index in [4.69, 9.17) is 14.2 Å². The second kappa shape index (κ2) is 9.30. The van der Waals surface area contributed by atoms with E-state index in [-0.39, 0.29) is 0 Å². The van der Waals surface area contributed by atoms with Crippen molar-refractivity contribution in [2.24, 2.45) is 0 Å². The summed E-state index contributed by atoms with van der Waals surface area (Å²) in [6, 6.07) is 15.9. The van der Waals surface area contributed by atoms with Gasteiger partial charge < -0.3 is 19.5 Å². The lowest BCUT2D eigenvalue weighted by atomic mass is 10.1. The zero-order valence-electron chi connectivity index (χ0n) is 17.8. The van der Waals surface area contributed by atoms with E-state index in [1.54, 1.807) is 33.9 Å². The number of benzene rings is 2. The topological polar surface area (TPSA) is 78.4 Å². The molecule has 0 aliphatic carbocycles. The smallest absolute Gasteiger partial charge is 0.203 e. The van der Waals surface area contributed by atoms with Gasteiger partial charge in [-0.1, -0.05) is 18.2 Å². The van der Waals surface area contributed by atoms with Crippen LogP contribution in [0.3, 0.4) is 0 Å². The average Bonchev–Trinajstić information content (AvgIpc) is 2.83. The zero-order chi connectivity index (χ0) is 21.6. The molecule has 0 amide bonds. The SMILES string of the molecule is COc1ccc(CCNc2cc(-c3ccc4ncccc4c3)ncn2)c(OC)c1OC. The number of rotatable bonds is 8. The Hall–Kier alpha value is -3.87. The van der Waals surface area contributed by atoms with Gasteiger partial charge in [-0.05, 0) is 30.7 Å². The second-order valence-electron chi connectivity index (χ2n) is 6.87. The van der Waals surface area contributed by atoms with E-state index < -0.39 is 0 Å². The molecule has 2 heterocycles. The number of nitrogens with one attached hydrogen (secondary N) is 1. The van der Waals surface area contributed by atoms with E-state index >= 15 is 0 Å². The first-order chi connectivity index (χ1) is 15.2. The number of ether oxygens (including phenoxy) is 3. The van der Waals surface area contributed by atoms with E-state index in [1.807, 2.05) is 42.5 Å². The minimum absolute atomic E-state index is 0.595. The van der Waals surface area contributed by atoms with Crippen LogP contribution in [0.15, 0.2) is 61.1 Å². The first-order valence-electron chi connectivity index (χ1n) is 9.92. The fourth-order valence-electron chi connectivity index (χ4n) is 3.53. The van der Waals surface area contributed by atoms with Gasteiger partial charge in [0.25, 0.3) is 0 Å². The van der Waals surface area contributed by atoms with Gasteiger partial charge >= 0.3 is 0 Å². The molecule has 7 nitrogen and oxygen atoms in total. The molecule has 4 rings (SSSR count). The fraction of sp³-hybridized carbons (Fsp3) is 0.208. The number of anilines is 1. The molecule has 0 atom stereocenters. The lowest BCUT2D eigenvalue weighted by molar-refractivity contribution is 0.322. The number of nitrogens with zero attached hydrogens (tertiary/aromatic N) is 3. The van der Waals surface area contributed by atoms with Crippen molar-refractivity contribution in [1.82, 2.24) is 15.0 Å². The minimum atomic E-state index is 0.595. The van der Waals surface area contributed by atoms with Gasteiger partial charge in [0.05, 0.1) is 32.5 Å². The highest BCUT2D eigenvalue weighted by Crippen LogP contribution is 2.39. The molecule has 31 heavy (non-hydrogen) atoms. The third-order valence-corrected chi connectivity index (χ3v) is 5.05. The molecular formula is C24H24N4O3. The Morgan fingerprint density at radius 1 is 0.839 bits per heavy atom. The first kappa shape index (κ1) is 20.4. The number of hydrogen-bond donors (Lipinski definition) is 1. The molecule has 0 fully saturated rings. The molecule has 7 heteroatoms. The fourth-order valence-corrected chi connectivity index (χ4v) is 3.53. The van der Waals surface area contributed by atoms with Crippen LogP contribution in [0.25, 0.3) is 22.2 Å². The molecule has 4 aromatic rings. The van der Waals surface area contributed by atoms with Crippen LogP contribution in [0, 0.1) is 0 Å². The van der Waals surface area contributed by atoms with Crippen molar-refractivity contribution in [1.29, 1.82) is 0 Å². The number of aromatic nitrogens is 3. The molecule has 0 aliphatic heterocycles. The largest absolute Gasteiger partial charge is 0.493 e. The van der Waals surface area contributed by atoms with Gasteiger partial charge in [0.15, 0.2) is 11.5 Å². The molecule has 2 aromatic carbocycles. The normalized spacial score (nSPS) is 10.7. The molecular weight excluding hydrogens is 392 g/mol. The summed E-state index contributed by atoms with van der Waals surface area (Å²) in [7, 11) is 4.84. The third-order valence-electron chi connectivity index (χ3n) is 5.05. The van der Waals surface area contributed by atoms with E-state index in [0.29, 0.717) is 23.8 Å². The molecule has 1 N–H and O–H groups in total. The highest BCUT2D eigenvalue weighted by Gasteiger charge is 2.15. The molecule has 0 spiro atoms. The molecule has 0 aliphatic rings. The number of hydrogen-bond acceptors (Lipinski definition) is 7. The molecule has 0 bridgehead atoms. The van der Waals surface area contributed by atoms with Gasteiger partial charge in [-0.25, -0.2) is 9.97 Å². The van der Waals surface area contributed by atoms with Crippen LogP contribution in [0.2, 0.25) is 0 Å². The Morgan fingerprint density at radius 3 is 2.52 bits per heavy atom. The van der Waals surface area contributed by atoms with Crippen LogP contribution in [-0.4, -0.2) is 42.8 Å². The van der Waals surface area contributed by atoms with Gasteiger partial charge in [0.1, 0.15) is 12.1 Å². The summed E-state index contributed by atoms with van der Waals surface area (Å²) < 4.78 is 16.4. The number of pyridine rings is 1. The maximum absolute atomic E-state index is 5.56. The van der Waals surface area contributed by atoms with Crippen LogP contribution < -0.4 is 19.5 Å². The summed E-state index contributed by atoms with van der Waals surface area (Å²) in [5.74, 6) is 2.67. The maximum Gasteiger partial charge on any atom is 0.203 e. The Bertz CT molecular complexity index is 1200. The molecule has 0 saturated heterocycles.